The van der Waals surface area contributed by atoms with Crippen molar-refractivity contribution >= 4 is 28.7 Å². The Kier molecular flexibility index (Phi) is 4.51. The Labute approximate surface area is 130 Å². The van der Waals surface area contributed by atoms with Crippen molar-refractivity contribution in [1.29, 1.82) is 0 Å². The second-order valence-electron chi connectivity index (χ2n) is 5.24. The van der Waals surface area contributed by atoms with Crippen molar-refractivity contribution in [3.8, 4) is 0 Å². The van der Waals surface area contributed by atoms with Gasteiger partial charge < -0.3 is 4.90 Å². The van der Waals surface area contributed by atoms with Crippen molar-refractivity contribution in [2.75, 3.05) is 18.0 Å². The van der Waals surface area contributed by atoms with Crippen LogP contribution >= 0.6 is 11.6 Å². The number of halogens is 1. The van der Waals surface area contributed by atoms with Crippen molar-refractivity contribution in [2.24, 2.45) is 10.2 Å². The predicted octanol–water partition coefficient (Wildman–Crippen LogP) is 5.75. The van der Waals surface area contributed by atoms with Gasteiger partial charge in [-0.05, 0) is 67.8 Å². The summed E-state index contributed by atoms with van der Waals surface area (Å²) in [6.07, 6.45) is 3.93. The van der Waals surface area contributed by atoms with Gasteiger partial charge in [0.25, 0.3) is 0 Å². The van der Waals surface area contributed by atoms with Gasteiger partial charge in [0.05, 0.1) is 11.4 Å². The summed E-state index contributed by atoms with van der Waals surface area (Å²) >= 11 is 5.84. The molecule has 0 N–H and O–H groups in total. The molecule has 2 aromatic rings. The molecular formula is C17H18ClN3. The van der Waals surface area contributed by atoms with E-state index in [0.717, 1.165) is 24.5 Å². The molecule has 0 aliphatic carbocycles. The molecule has 0 spiro atoms. The van der Waals surface area contributed by atoms with Gasteiger partial charge in [-0.3, -0.25) is 0 Å². The minimum Gasteiger partial charge on any atom is -0.372 e. The topological polar surface area (TPSA) is 28.0 Å². The van der Waals surface area contributed by atoms with Gasteiger partial charge in [-0.25, -0.2) is 0 Å². The molecule has 0 aromatic heterocycles. The SMILES string of the molecule is Clc1ccc(N=Nc2ccc(N3CCCCC3)cc2)cc1. The number of rotatable bonds is 3. The maximum Gasteiger partial charge on any atom is 0.0858 e. The van der Waals surface area contributed by atoms with Crippen molar-refractivity contribution in [3.05, 3.63) is 53.6 Å². The van der Waals surface area contributed by atoms with Gasteiger partial charge in [-0.2, -0.15) is 10.2 Å². The Morgan fingerprint density at radius 1 is 0.714 bits per heavy atom. The smallest absolute Gasteiger partial charge is 0.0858 e. The van der Waals surface area contributed by atoms with Crippen LogP contribution in [0.5, 0.6) is 0 Å². The van der Waals surface area contributed by atoms with E-state index in [2.05, 4.69) is 27.3 Å². The lowest BCUT2D eigenvalue weighted by molar-refractivity contribution is 0.578. The molecule has 0 unspecified atom stereocenters. The molecule has 0 atom stereocenters. The van der Waals surface area contributed by atoms with E-state index in [1.807, 2.05) is 36.4 Å². The molecule has 1 fully saturated rings. The Morgan fingerprint density at radius 2 is 1.24 bits per heavy atom. The van der Waals surface area contributed by atoms with Crippen molar-refractivity contribution in [1.82, 2.24) is 0 Å². The average molecular weight is 300 g/mol. The molecule has 1 saturated heterocycles. The Bertz CT molecular complexity index is 599. The van der Waals surface area contributed by atoms with E-state index in [1.54, 1.807) is 0 Å². The highest BCUT2D eigenvalue weighted by atomic mass is 35.5. The van der Waals surface area contributed by atoms with Crippen LogP contribution in [0.4, 0.5) is 17.1 Å². The summed E-state index contributed by atoms with van der Waals surface area (Å²) in [5.41, 5.74) is 2.95. The monoisotopic (exact) mass is 299 g/mol. The van der Waals surface area contributed by atoms with E-state index in [1.165, 1.54) is 24.9 Å². The molecule has 1 heterocycles. The Morgan fingerprint density at radius 3 is 1.81 bits per heavy atom. The lowest BCUT2D eigenvalue weighted by Gasteiger charge is -2.28. The number of azo groups is 1. The molecular weight excluding hydrogens is 282 g/mol. The summed E-state index contributed by atoms with van der Waals surface area (Å²) in [7, 11) is 0. The lowest BCUT2D eigenvalue weighted by atomic mass is 10.1. The van der Waals surface area contributed by atoms with Gasteiger partial charge in [-0.1, -0.05) is 11.6 Å². The average Bonchev–Trinajstić information content (AvgIpc) is 2.56. The van der Waals surface area contributed by atoms with Crippen LogP contribution in [-0.2, 0) is 0 Å². The molecule has 0 radical (unpaired) electrons. The highest BCUT2D eigenvalue weighted by Crippen LogP contribution is 2.24. The zero-order valence-electron chi connectivity index (χ0n) is 11.9. The van der Waals surface area contributed by atoms with E-state index >= 15 is 0 Å². The van der Waals surface area contributed by atoms with E-state index < -0.39 is 0 Å². The van der Waals surface area contributed by atoms with E-state index in [9.17, 15) is 0 Å². The molecule has 21 heavy (non-hydrogen) atoms. The second kappa shape index (κ2) is 6.72. The molecule has 1 aliphatic heterocycles. The first-order valence-electron chi connectivity index (χ1n) is 7.33. The number of piperidine rings is 1. The third-order valence-corrected chi connectivity index (χ3v) is 3.93. The minimum atomic E-state index is 0.708. The van der Waals surface area contributed by atoms with Crippen molar-refractivity contribution in [2.45, 2.75) is 19.3 Å². The fraction of sp³-hybridized carbons (Fsp3) is 0.294. The van der Waals surface area contributed by atoms with Crippen LogP contribution in [0.15, 0.2) is 58.8 Å². The second-order valence-corrected chi connectivity index (χ2v) is 5.68. The normalized spacial score (nSPS) is 15.6. The maximum absolute atomic E-state index is 5.84. The fourth-order valence-corrected chi connectivity index (χ4v) is 2.63. The van der Waals surface area contributed by atoms with Gasteiger partial charge in [0.15, 0.2) is 0 Å². The molecule has 3 nitrogen and oxygen atoms in total. The predicted molar refractivity (Wildman–Crippen MR) is 88.1 cm³/mol. The van der Waals surface area contributed by atoms with E-state index in [0.29, 0.717) is 5.02 Å². The quantitative estimate of drug-likeness (QED) is 0.664. The first kappa shape index (κ1) is 14.1. The number of benzene rings is 2. The molecule has 0 bridgehead atoms. The summed E-state index contributed by atoms with van der Waals surface area (Å²) in [6.45, 7) is 2.32. The molecule has 3 rings (SSSR count). The summed E-state index contributed by atoms with van der Waals surface area (Å²) in [6, 6.07) is 15.6. The summed E-state index contributed by atoms with van der Waals surface area (Å²) in [4.78, 5) is 2.43. The summed E-state index contributed by atoms with van der Waals surface area (Å²) in [5.74, 6) is 0. The maximum atomic E-state index is 5.84. The lowest BCUT2D eigenvalue weighted by Crippen LogP contribution is -2.29. The Hall–Kier alpha value is -1.87. The third kappa shape index (κ3) is 3.82. The van der Waals surface area contributed by atoms with E-state index in [4.69, 9.17) is 11.6 Å². The van der Waals surface area contributed by atoms with Gasteiger partial charge in [-0.15, -0.1) is 0 Å². The van der Waals surface area contributed by atoms with Crippen LogP contribution in [0.2, 0.25) is 5.02 Å². The molecule has 2 aromatic carbocycles. The van der Waals surface area contributed by atoms with Gasteiger partial charge in [0, 0.05) is 23.8 Å². The summed E-state index contributed by atoms with van der Waals surface area (Å²) < 4.78 is 0. The van der Waals surface area contributed by atoms with Crippen LogP contribution in [-0.4, -0.2) is 13.1 Å². The highest BCUT2D eigenvalue weighted by Gasteiger charge is 2.10. The molecule has 4 heteroatoms. The largest absolute Gasteiger partial charge is 0.372 e. The number of hydrogen-bond donors (Lipinski definition) is 0. The van der Waals surface area contributed by atoms with Gasteiger partial charge in [0.2, 0.25) is 0 Å². The zero-order chi connectivity index (χ0) is 14.5. The van der Waals surface area contributed by atoms with Gasteiger partial charge >= 0.3 is 0 Å². The first-order valence-corrected chi connectivity index (χ1v) is 7.71. The molecule has 0 amide bonds. The van der Waals surface area contributed by atoms with Crippen LogP contribution in [0.3, 0.4) is 0 Å². The third-order valence-electron chi connectivity index (χ3n) is 3.68. The molecule has 108 valence electrons. The molecule has 0 saturated carbocycles. The fourth-order valence-electron chi connectivity index (χ4n) is 2.51. The van der Waals surface area contributed by atoms with Gasteiger partial charge in [0.1, 0.15) is 0 Å². The van der Waals surface area contributed by atoms with Crippen LogP contribution in [0.1, 0.15) is 19.3 Å². The standard InChI is InChI=1S/C17H18ClN3/c18-14-4-6-15(7-5-14)19-20-16-8-10-17(11-9-16)21-12-2-1-3-13-21/h4-11H,1-3,12-13H2. The minimum absolute atomic E-state index is 0.708. The Balaban J connectivity index is 1.67. The van der Waals surface area contributed by atoms with Crippen molar-refractivity contribution in [3.63, 3.8) is 0 Å². The molecule has 1 aliphatic rings. The number of hydrogen-bond acceptors (Lipinski definition) is 3. The first-order chi connectivity index (χ1) is 10.3. The van der Waals surface area contributed by atoms with Crippen LogP contribution < -0.4 is 4.90 Å². The van der Waals surface area contributed by atoms with Crippen molar-refractivity contribution < 1.29 is 0 Å². The zero-order valence-corrected chi connectivity index (χ0v) is 12.6. The van der Waals surface area contributed by atoms with E-state index in [-0.39, 0.29) is 0 Å². The van der Waals surface area contributed by atoms with Crippen LogP contribution in [0, 0.1) is 0 Å². The van der Waals surface area contributed by atoms with Crippen LogP contribution in [0.25, 0.3) is 0 Å². The number of nitrogens with zero attached hydrogens (tertiary/aromatic N) is 3. The summed E-state index contributed by atoms with van der Waals surface area (Å²) in [5, 5.41) is 9.18. The number of anilines is 1. The highest BCUT2D eigenvalue weighted by molar-refractivity contribution is 6.30.